The highest BCUT2D eigenvalue weighted by molar-refractivity contribution is 6.11. The summed E-state index contributed by atoms with van der Waals surface area (Å²) in [5.74, 6) is -0.446. The smallest absolute Gasteiger partial charge is 0.206 e. The Kier molecular flexibility index (Phi) is 4.47. The summed E-state index contributed by atoms with van der Waals surface area (Å²) in [7, 11) is 0. The fraction of sp³-hybridized carbons (Fsp3) is 0.154. The van der Waals surface area contributed by atoms with Gasteiger partial charge >= 0.3 is 0 Å². The average Bonchev–Trinajstić information content (AvgIpc) is 2.39. The van der Waals surface area contributed by atoms with E-state index in [1.807, 2.05) is 6.07 Å². The summed E-state index contributed by atoms with van der Waals surface area (Å²) >= 11 is 0. The lowest BCUT2D eigenvalue weighted by molar-refractivity contribution is 0.103. The van der Waals surface area contributed by atoms with Gasteiger partial charge in [-0.1, -0.05) is 12.1 Å². The molecule has 1 rings (SSSR count). The Morgan fingerprint density at radius 2 is 2.24 bits per heavy atom. The molecule has 0 radical (unpaired) electrons. The van der Waals surface area contributed by atoms with Crippen LogP contribution in [0.2, 0.25) is 0 Å². The molecule has 0 amide bonds. The Bertz CT molecular complexity index is 533. The van der Waals surface area contributed by atoms with Gasteiger partial charge in [0.2, 0.25) is 5.78 Å². The van der Waals surface area contributed by atoms with Gasteiger partial charge in [-0.2, -0.15) is 10.5 Å². The quantitative estimate of drug-likeness (QED) is 0.341. The number of carbonyl (C=O) groups is 1. The van der Waals surface area contributed by atoms with E-state index in [9.17, 15) is 4.79 Å². The number of nitrogens with zero attached hydrogens (tertiary/aromatic N) is 2. The number of ketones is 1. The van der Waals surface area contributed by atoms with E-state index in [4.69, 9.17) is 15.3 Å². The number of hydrogen-bond acceptors (Lipinski definition) is 4. The molecule has 0 atom stereocenters. The molecule has 4 heteroatoms. The fourth-order valence-electron chi connectivity index (χ4n) is 1.18. The maximum atomic E-state index is 11.9. The summed E-state index contributed by atoms with van der Waals surface area (Å²) in [4.78, 5) is 11.9. The third-order valence-electron chi connectivity index (χ3n) is 1.99. The van der Waals surface area contributed by atoms with Crippen LogP contribution in [0.1, 0.15) is 22.8 Å². The van der Waals surface area contributed by atoms with Gasteiger partial charge in [-0.25, -0.2) is 0 Å². The largest absolute Gasteiger partial charge is 0.500 e. The first-order valence-corrected chi connectivity index (χ1v) is 4.99. The maximum Gasteiger partial charge on any atom is 0.206 e. The molecule has 0 aliphatic rings. The van der Waals surface area contributed by atoms with Crippen molar-refractivity contribution in [2.24, 2.45) is 0 Å². The molecule has 0 spiro atoms. The highest BCUT2D eigenvalue weighted by Gasteiger charge is 2.12. The van der Waals surface area contributed by atoms with Gasteiger partial charge in [0, 0.05) is 5.56 Å². The summed E-state index contributed by atoms with van der Waals surface area (Å²) in [6, 6.07) is 9.90. The number of Topliss-reactive ketones (excluding diaryl/α,β-unsaturated/α-hetero) is 1. The molecule has 0 bridgehead atoms. The Labute approximate surface area is 99.4 Å². The van der Waals surface area contributed by atoms with Crippen LogP contribution in [0.4, 0.5) is 0 Å². The minimum Gasteiger partial charge on any atom is -0.500 e. The minimum absolute atomic E-state index is 0.0815. The van der Waals surface area contributed by atoms with E-state index < -0.39 is 5.78 Å². The number of hydrogen-bond donors (Lipinski definition) is 0. The van der Waals surface area contributed by atoms with Crippen LogP contribution in [0.3, 0.4) is 0 Å². The first-order chi connectivity index (χ1) is 8.22. The van der Waals surface area contributed by atoms with E-state index in [1.165, 1.54) is 6.07 Å². The van der Waals surface area contributed by atoms with Crippen LogP contribution in [-0.2, 0) is 4.74 Å². The van der Waals surface area contributed by atoms with Gasteiger partial charge in [0.05, 0.1) is 18.2 Å². The zero-order valence-corrected chi connectivity index (χ0v) is 9.30. The van der Waals surface area contributed by atoms with Crippen molar-refractivity contribution < 1.29 is 9.53 Å². The molecule has 4 nitrogen and oxygen atoms in total. The molecule has 0 unspecified atom stereocenters. The summed E-state index contributed by atoms with van der Waals surface area (Å²) in [5.41, 5.74) is 0.600. The van der Waals surface area contributed by atoms with E-state index in [0.29, 0.717) is 17.7 Å². The van der Waals surface area contributed by atoms with Crippen molar-refractivity contribution in [2.45, 2.75) is 6.92 Å². The monoisotopic (exact) mass is 226 g/mol. The SMILES string of the molecule is CCO/C=C(/C#N)C(=O)c1cccc(C#N)c1. The van der Waals surface area contributed by atoms with E-state index in [1.54, 1.807) is 31.2 Å². The number of benzene rings is 1. The Balaban J connectivity index is 3.04. The van der Waals surface area contributed by atoms with Crippen molar-refractivity contribution in [2.75, 3.05) is 6.61 Å². The average molecular weight is 226 g/mol. The van der Waals surface area contributed by atoms with Gasteiger partial charge in [0.1, 0.15) is 17.9 Å². The molecule has 0 saturated carbocycles. The predicted molar refractivity (Wildman–Crippen MR) is 60.8 cm³/mol. The van der Waals surface area contributed by atoms with Crippen LogP contribution >= 0.6 is 0 Å². The van der Waals surface area contributed by atoms with Crippen molar-refractivity contribution in [1.82, 2.24) is 0 Å². The second kappa shape index (κ2) is 6.09. The normalized spacial score (nSPS) is 10.2. The van der Waals surface area contributed by atoms with Gasteiger partial charge in [0.25, 0.3) is 0 Å². The predicted octanol–water partition coefficient (Wildman–Crippen LogP) is 2.18. The summed E-state index contributed by atoms with van der Waals surface area (Å²) in [5, 5.41) is 17.5. The van der Waals surface area contributed by atoms with Gasteiger partial charge in [-0.3, -0.25) is 4.79 Å². The Morgan fingerprint density at radius 3 is 2.82 bits per heavy atom. The Hall–Kier alpha value is -2.59. The van der Waals surface area contributed by atoms with Crippen LogP contribution in [-0.4, -0.2) is 12.4 Å². The lowest BCUT2D eigenvalue weighted by Gasteiger charge is -2.00. The van der Waals surface area contributed by atoms with Gasteiger partial charge < -0.3 is 4.74 Å². The molecule has 84 valence electrons. The Morgan fingerprint density at radius 1 is 1.47 bits per heavy atom. The molecule has 0 aromatic heterocycles. The van der Waals surface area contributed by atoms with Crippen molar-refractivity contribution in [3.05, 3.63) is 47.2 Å². The zero-order valence-electron chi connectivity index (χ0n) is 9.30. The van der Waals surface area contributed by atoms with Crippen molar-refractivity contribution in [1.29, 1.82) is 10.5 Å². The van der Waals surface area contributed by atoms with E-state index in [-0.39, 0.29) is 5.57 Å². The summed E-state index contributed by atoms with van der Waals surface area (Å²) in [6.07, 6.45) is 1.14. The van der Waals surface area contributed by atoms with Crippen LogP contribution < -0.4 is 0 Å². The van der Waals surface area contributed by atoms with Crippen LogP contribution in [0.15, 0.2) is 36.1 Å². The second-order valence-corrected chi connectivity index (χ2v) is 3.12. The molecule has 0 N–H and O–H groups in total. The first-order valence-electron chi connectivity index (χ1n) is 4.99. The topological polar surface area (TPSA) is 73.9 Å². The van der Waals surface area contributed by atoms with Gasteiger partial charge in [0.15, 0.2) is 0 Å². The third-order valence-corrected chi connectivity index (χ3v) is 1.99. The third kappa shape index (κ3) is 3.19. The second-order valence-electron chi connectivity index (χ2n) is 3.12. The molecule has 0 aliphatic carbocycles. The molecule has 1 aromatic carbocycles. The van der Waals surface area contributed by atoms with Crippen molar-refractivity contribution in [3.63, 3.8) is 0 Å². The number of carbonyl (C=O) groups excluding carboxylic acids is 1. The molecule has 0 aliphatic heterocycles. The number of nitriles is 2. The standard InChI is InChI=1S/C13H10N2O2/c1-2-17-9-12(8-15)13(16)11-5-3-4-10(6-11)7-14/h3-6,9H,2H2,1H3/b12-9-. The lowest BCUT2D eigenvalue weighted by Crippen LogP contribution is -2.03. The molecular weight excluding hydrogens is 216 g/mol. The summed E-state index contributed by atoms with van der Waals surface area (Å²) < 4.78 is 4.92. The maximum absolute atomic E-state index is 11.9. The van der Waals surface area contributed by atoms with Gasteiger partial charge in [-0.15, -0.1) is 0 Å². The van der Waals surface area contributed by atoms with Crippen LogP contribution in [0.5, 0.6) is 0 Å². The van der Waals surface area contributed by atoms with Crippen molar-refractivity contribution >= 4 is 5.78 Å². The molecule has 0 fully saturated rings. The van der Waals surface area contributed by atoms with E-state index in [2.05, 4.69) is 0 Å². The molecule has 0 heterocycles. The minimum atomic E-state index is -0.446. The van der Waals surface area contributed by atoms with Gasteiger partial charge in [-0.05, 0) is 19.1 Å². The van der Waals surface area contributed by atoms with Crippen molar-refractivity contribution in [3.8, 4) is 12.1 Å². The summed E-state index contributed by atoms with van der Waals surface area (Å²) in [6.45, 7) is 2.14. The highest BCUT2D eigenvalue weighted by atomic mass is 16.5. The number of allylic oxidation sites excluding steroid dienone is 1. The lowest BCUT2D eigenvalue weighted by atomic mass is 10.0. The fourth-order valence-corrected chi connectivity index (χ4v) is 1.18. The zero-order chi connectivity index (χ0) is 12.7. The molecular formula is C13H10N2O2. The number of ether oxygens (including phenoxy) is 1. The highest BCUT2D eigenvalue weighted by Crippen LogP contribution is 2.10. The molecule has 17 heavy (non-hydrogen) atoms. The van der Waals surface area contributed by atoms with Crippen LogP contribution in [0.25, 0.3) is 0 Å². The van der Waals surface area contributed by atoms with Crippen LogP contribution in [0, 0.1) is 22.7 Å². The van der Waals surface area contributed by atoms with E-state index in [0.717, 1.165) is 6.26 Å². The molecule has 0 saturated heterocycles. The number of rotatable bonds is 4. The first kappa shape index (κ1) is 12.5. The van der Waals surface area contributed by atoms with E-state index >= 15 is 0 Å². The molecule has 1 aromatic rings.